The molecule has 0 bridgehead atoms. The van der Waals surface area contributed by atoms with E-state index in [1.165, 1.54) is 16.7 Å². The van der Waals surface area contributed by atoms with Crippen LogP contribution in [0.25, 0.3) is 16.6 Å². The number of fused-ring (bicyclic) bond motifs is 1. The highest BCUT2D eigenvalue weighted by Crippen LogP contribution is 2.25. The van der Waals surface area contributed by atoms with E-state index in [0.29, 0.717) is 41.1 Å². The average molecular weight is 473 g/mol. The topological polar surface area (TPSA) is 58.4 Å². The highest BCUT2D eigenvalue weighted by Gasteiger charge is 2.28. The van der Waals surface area contributed by atoms with Crippen LogP contribution in [0, 0.1) is 12.7 Å². The van der Waals surface area contributed by atoms with Gasteiger partial charge in [-0.3, -0.25) is 14.2 Å². The monoisotopic (exact) mass is 472 g/mol. The zero-order valence-corrected chi connectivity index (χ0v) is 20.4. The Morgan fingerprint density at radius 1 is 0.971 bits per heavy atom. The van der Waals surface area contributed by atoms with Crippen LogP contribution < -0.4 is 5.56 Å². The number of hydrogen-bond acceptors (Lipinski definition) is 4. The van der Waals surface area contributed by atoms with Crippen molar-refractivity contribution in [2.24, 2.45) is 0 Å². The zero-order valence-electron chi connectivity index (χ0n) is 20.4. The summed E-state index contributed by atoms with van der Waals surface area (Å²) in [5.74, 6) is -0.112. The van der Waals surface area contributed by atoms with E-state index < -0.39 is 11.9 Å². The molecule has 180 valence electrons. The molecule has 0 fully saturated rings. The van der Waals surface area contributed by atoms with Gasteiger partial charge in [0.15, 0.2) is 0 Å². The van der Waals surface area contributed by atoms with Crippen molar-refractivity contribution in [2.45, 2.75) is 19.9 Å². The van der Waals surface area contributed by atoms with E-state index in [4.69, 9.17) is 4.98 Å². The number of para-hydroxylation sites is 1. The molecule has 0 N–H and O–H groups in total. The molecule has 0 spiro atoms. The van der Waals surface area contributed by atoms with Crippen molar-refractivity contribution < 1.29 is 9.18 Å². The third kappa shape index (κ3) is 5.00. The van der Waals surface area contributed by atoms with Gasteiger partial charge >= 0.3 is 0 Å². The number of likely N-dealkylation sites (N-methyl/N-ethyl adjacent to an activating group) is 1. The summed E-state index contributed by atoms with van der Waals surface area (Å²) in [7, 11) is 3.90. The van der Waals surface area contributed by atoms with Gasteiger partial charge in [0.05, 0.1) is 22.6 Å². The van der Waals surface area contributed by atoms with Crippen molar-refractivity contribution in [2.75, 3.05) is 27.2 Å². The second kappa shape index (κ2) is 10.2. The Labute approximate surface area is 204 Å². The first kappa shape index (κ1) is 24.3. The quantitative estimate of drug-likeness (QED) is 0.395. The molecular formula is C28H29FN4O2. The third-order valence-corrected chi connectivity index (χ3v) is 6.15. The number of benzene rings is 3. The molecular weight excluding hydrogens is 443 g/mol. The lowest BCUT2D eigenvalue weighted by Crippen LogP contribution is -2.41. The van der Waals surface area contributed by atoms with Crippen molar-refractivity contribution >= 4 is 16.8 Å². The summed E-state index contributed by atoms with van der Waals surface area (Å²) in [6, 6.07) is 19.8. The Balaban J connectivity index is 1.91. The van der Waals surface area contributed by atoms with Crippen molar-refractivity contribution in [1.82, 2.24) is 19.4 Å². The van der Waals surface area contributed by atoms with Gasteiger partial charge in [-0.15, -0.1) is 0 Å². The summed E-state index contributed by atoms with van der Waals surface area (Å²) in [5.41, 5.74) is 2.26. The molecule has 4 rings (SSSR count). The number of aromatic nitrogens is 2. The van der Waals surface area contributed by atoms with Crippen LogP contribution in [0.5, 0.6) is 0 Å². The number of hydrogen-bond donors (Lipinski definition) is 0. The highest BCUT2D eigenvalue weighted by molar-refractivity contribution is 5.96. The maximum absolute atomic E-state index is 13.8. The molecule has 1 atom stereocenters. The van der Waals surface area contributed by atoms with E-state index in [1.54, 1.807) is 35.2 Å². The molecule has 1 aromatic heterocycles. The molecule has 6 nitrogen and oxygen atoms in total. The minimum absolute atomic E-state index is 0.134. The van der Waals surface area contributed by atoms with E-state index in [-0.39, 0.29) is 11.5 Å². The fourth-order valence-corrected chi connectivity index (χ4v) is 4.16. The van der Waals surface area contributed by atoms with Crippen LogP contribution in [0.15, 0.2) is 77.6 Å². The van der Waals surface area contributed by atoms with Gasteiger partial charge in [-0.2, -0.15) is 0 Å². The van der Waals surface area contributed by atoms with Crippen LogP contribution in [-0.4, -0.2) is 52.4 Å². The van der Waals surface area contributed by atoms with Crippen molar-refractivity contribution in [3.8, 4) is 5.69 Å². The molecule has 1 heterocycles. The molecule has 7 heteroatoms. The van der Waals surface area contributed by atoms with Crippen LogP contribution in [0.4, 0.5) is 4.39 Å². The Bertz CT molecular complexity index is 1410. The molecule has 0 saturated heterocycles. The van der Waals surface area contributed by atoms with E-state index in [9.17, 15) is 14.0 Å². The van der Waals surface area contributed by atoms with Gasteiger partial charge in [0.25, 0.3) is 11.5 Å². The SMILES string of the molecule is Cc1ccccc1C(=O)N(CCN(C)C)C(C)c1nc2ccccc2c(=O)n1-c1ccc(F)cc1. The predicted molar refractivity (Wildman–Crippen MR) is 136 cm³/mol. The summed E-state index contributed by atoms with van der Waals surface area (Å²) in [6.07, 6.45) is 0. The minimum atomic E-state index is -0.538. The lowest BCUT2D eigenvalue weighted by molar-refractivity contribution is 0.0666. The molecule has 0 aliphatic rings. The first-order valence-electron chi connectivity index (χ1n) is 11.6. The zero-order chi connectivity index (χ0) is 25.1. The van der Waals surface area contributed by atoms with Gasteiger partial charge in [0.2, 0.25) is 0 Å². The van der Waals surface area contributed by atoms with E-state index in [2.05, 4.69) is 0 Å². The van der Waals surface area contributed by atoms with E-state index in [1.807, 2.05) is 63.2 Å². The number of aryl methyl sites for hydroxylation is 1. The lowest BCUT2D eigenvalue weighted by Gasteiger charge is -2.32. The Morgan fingerprint density at radius 3 is 2.31 bits per heavy atom. The second-order valence-corrected chi connectivity index (χ2v) is 8.90. The maximum Gasteiger partial charge on any atom is 0.266 e. The number of halogens is 1. The van der Waals surface area contributed by atoms with Crippen LogP contribution in [0.2, 0.25) is 0 Å². The van der Waals surface area contributed by atoms with Gasteiger partial charge in [-0.1, -0.05) is 30.3 Å². The summed E-state index contributed by atoms with van der Waals surface area (Å²) >= 11 is 0. The van der Waals surface area contributed by atoms with Crippen molar-refractivity contribution in [3.63, 3.8) is 0 Å². The highest BCUT2D eigenvalue weighted by atomic mass is 19.1. The standard InChI is InChI=1S/C28H29FN4O2/c1-19-9-5-6-10-23(19)27(34)32(18-17-31(3)4)20(2)26-30-25-12-8-7-11-24(25)28(35)33(26)22-15-13-21(29)14-16-22/h5-16,20H,17-18H2,1-4H3. The smallest absolute Gasteiger partial charge is 0.266 e. The average Bonchev–Trinajstić information content (AvgIpc) is 2.84. The van der Waals surface area contributed by atoms with E-state index in [0.717, 1.165) is 5.56 Å². The largest absolute Gasteiger partial charge is 0.327 e. The fourth-order valence-electron chi connectivity index (χ4n) is 4.16. The van der Waals surface area contributed by atoms with Gasteiger partial charge < -0.3 is 9.80 Å². The molecule has 4 aromatic rings. The number of carbonyl (C=O) groups is 1. The van der Waals surface area contributed by atoms with Crippen LogP contribution >= 0.6 is 0 Å². The Hall–Kier alpha value is -3.84. The molecule has 0 radical (unpaired) electrons. The second-order valence-electron chi connectivity index (χ2n) is 8.90. The van der Waals surface area contributed by atoms with Crippen molar-refractivity contribution in [1.29, 1.82) is 0 Å². The number of carbonyl (C=O) groups excluding carboxylic acids is 1. The maximum atomic E-state index is 13.8. The number of rotatable bonds is 7. The van der Waals surface area contributed by atoms with Crippen LogP contribution in [0.3, 0.4) is 0 Å². The molecule has 1 unspecified atom stereocenters. The van der Waals surface area contributed by atoms with Gasteiger partial charge in [-0.25, -0.2) is 9.37 Å². The number of nitrogens with zero attached hydrogens (tertiary/aromatic N) is 4. The fraction of sp³-hybridized carbons (Fsp3) is 0.250. The summed E-state index contributed by atoms with van der Waals surface area (Å²) in [5, 5.41) is 0.456. The van der Waals surface area contributed by atoms with Gasteiger partial charge in [-0.05, 0) is 76.0 Å². The van der Waals surface area contributed by atoms with Gasteiger partial charge in [0, 0.05) is 18.7 Å². The lowest BCUT2D eigenvalue weighted by atomic mass is 10.1. The Kier molecular flexibility index (Phi) is 7.07. The summed E-state index contributed by atoms with van der Waals surface area (Å²) in [4.78, 5) is 36.0. The van der Waals surface area contributed by atoms with Crippen molar-refractivity contribution in [3.05, 3.63) is 106 Å². The number of amides is 1. The molecule has 1 amide bonds. The van der Waals surface area contributed by atoms with Crippen LogP contribution in [0.1, 0.15) is 34.7 Å². The first-order valence-corrected chi connectivity index (χ1v) is 11.6. The van der Waals surface area contributed by atoms with Crippen LogP contribution in [-0.2, 0) is 0 Å². The summed E-state index contributed by atoms with van der Waals surface area (Å²) < 4.78 is 15.2. The third-order valence-electron chi connectivity index (χ3n) is 6.15. The van der Waals surface area contributed by atoms with Gasteiger partial charge in [0.1, 0.15) is 11.6 Å². The molecule has 3 aromatic carbocycles. The first-order chi connectivity index (χ1) is 16.8. The minimum Gasteiger partial charge on any atom is -0.327 e. The predicted octanol–water partition coefficient (Wildman–Crippen LogP) is 4.60. The van der Waals surface area contributed by atoms with E-state index >= 15 is 0 Å². The molecule has 0 aliphatic heterocycles. The Morgan fingerprint density at radius 2 is 1.63 bits per heavy atom. The molecule has 0 aliphatic carbocycles. The normalized spacial score (nSPS) is 12.2. The molecule has 0 saturated carbocycles. The summed E-state index contributed by atoms with van der Waals surface area (Å²) in [6.45, 7) is 4.86. The molecule has 35 heavy (non-hydrogen) atoms.